The molecule has 0 aromatic carbocycles. The molecular formula is C9H15FN3O14P3. The standard InChI is InChI=1S/C9H15FN3O14P3/c10-9(16)6(14)4(25-7(9)13-2-1-5(11)12-8(13)15)3-24-29(20,21)27-30(22,23)26-28(17,18)19/h1-2,4,6-7,14,16H,3H2,(H,20,21)(H,22,23)(H2,11,12,15)(H2,17,18,19)/t4-,6-,7-,9-/m1/s1. The molecule has 2 unspecified atom stereocenters. The van der Waals surface area contributed by atoms with E-state index in [9.17, 15) is 38.0 Å². The van der Waals surface area contributed by atoms with Crippen molar-refractivity contribution in [2.45, 2.75) is 24.3 Å². The highest BCUT2D eigenvalue weighted by atomic mass is 31.3. The van der Waals surface area contributed by atoms with Gasteiger partial charge in [0.2, 0.25) is 0 Å². The minimum atomic E-state index is -5.80. The molecule has 0 saturated carbocycles. The van der Waals surface area contributed by atoms with Crippen LogP contribution in [-0.2, 0) is 31.6 Å². The van der Waals surface area contributed by atoms with Crippen molar-refractivity contribution in [2.24, 2.45) is 0 Å². The summed E-state index contributed by atoms with van der Waals surface area (Å²) in [5, 5.41) is 19.7. The van der Waals surface area contributed by atoms with Gasteiger partial charge in [-0.15, -0.1) is 0 Å². The second-order valence-corrected chi connectivity index (χ2v) is 10.0. The number of alkyl halides is 1. The van der Waals surface area contributed by atoms with Crippen molar-refractivity contribution in [3.8, 4) is 0 Å². The van der Waals surface area contributed by atoms with Gasteiger partial charge >= 0.3 is 29.2 Å². The maximum Gasteiger partial charge on any atom is 0.490 e. The maximum atomic E-state index is 14.5. The van der Waals surface area contributed by atoms with Crippen molar-refractivity contribution in [3.05, 3.63) is 22.7 Å². The summed E-state index contributed by atoms with van der Waals surface area (Å²) < 4.78 is 64.4. The summed E-state index contributed by atoms with van der Waals surface area (Å²) in [5.41, 5.74) is 4.08. The van der Waals surface area contributed by atoms with E-state index in [1.165, 1.54) is 0 Å². The first-order valence-electron chi connectivity index (χ1n) is 7.31. The van der Waals surface area contributed by atoms with Crippen LogP contribution in [0.15, 0.2) is 17.1 Å². The highest BCUT2D eigenvalue weighted by Crippen LogP contribution is 2.66. The summed E-state index contributed by atoms with van der Waals surface area (Å²) in [4.78, 5) is 50.3. The van der Waals surface area contributed by atoms with E-state index >= 15 is 0 Å². The molecular weight excluding hydrogens is 486 g/mol. The van der Waals surface area contributed by atoms with E-state index in [4.69, 9.17) is 25.2 Å². The zero-order chi connectivity index (χ0) is 23.1. The zero-order valence-electron chi connectivity index (χ0n) is 14.2. The number of nitrogens with two attached hydrogens (primary N) is 1. The molecule has 21 heteroatoms. The molecule has 0 amide bonds. The van der Waals surface area contributed by atoms with Crippen LogP contribution >= 0.6 is 23.5 Å². The number of phosphoric acid groups is 3. The summed E-state index contributed by atoms with van der Waals surface area (Å²) >= 11 is 0. The molecule has 1 aliphatic rings. The van der Waals surface area contributed by atoms with Gasteiger partial charge in [-0.05, 0) is 6.07 Å². The molecule has 0 spiro atoms. The fourth-order valence-electron chi connectivity index (χ4n) is 2.21. The van der Waals surface area contributed by atoms with E-state index in [0.717, 1.165) is 12.3 Å². The van der Waals surface area contributed by atoms with Gasteiger partial charge in [0, 0.05) is 6.20 Å². The summed E-state index contributed by atoms with van der Waals surface area (Å²) in [5.74, 6) is -3.88. The number of hydrogen-bond donors (Lipinski definition) is 7. The lowest BCUT2D eigenvalue weighted by Crippen LogP contribution is -2.45. The van der Waals surface area contributed by atoms with Crippen LogP contribution < -0.4 is 11.4 Å². The van der Waals surface area contributed by atoms with E-state index in [-0.39, 0.29) is 5.82 Å². The third-order valence-corrected chi connectivity index (χ3v) is 7.14. The highest BCUT2D eigenvalue weighted by Gasteiger charge is 2.58. The van der Waals surface area contributed by atoms with Crippen molar-refractivity contribution in [3.63, 3.8) is 0 Å². The molecule has 172 valence electrons. The average Bonchev–Trinajstić information content (AvgIpc) is 2.73. The van der Waals surface area contributed by atoms with Crippen LogP contribution in [0.3, 0.4) is 0 Å². The Labute approximate surface area is 164 Å². The van der Waals surface area contributed by atoms with Gasteiger partial charge in [-0.1, -0.05) is 0 Å². The van der Waals surface area contributed by atoms with Gasteiger partial charge in [-0.25, -0.2) is 22.9 Å². The van der Waals surface area contributed by atoms with Crippen LogP contribution in [0.5, 0.6) is 0 Å². The van der Waals surface area contributed by atoms with Crippen molar-refractivity contribution in [1.29, 1.82) is 0 Å². The number of aliphatic hydroxyl groups excluding tert-OH is 1. The predicted octanol–water partition coefficient (Wildman–Crippen LogP) is -1.91. The van der Waals surface area contributed by atoms with E-state index in [2.05, 4.69) is 18.1 Å². The normalized spacial score (nSPS) is 31.2. The SMILES string of the molecule is Nc1ccn([C@@H]2O[C@H](COP(=O)(O)OP(=O)(O)OP(=O)(O)O)[C@@H](O)[C@]2(O)F)c(=O)n1. The molecule has 1 aliphatic heterocycles. The molecule has 2 rings (SSSR count). The van der Waals surface area contributed by atoms with Crippen LogP contribution in [0.4, 0.5) is 10.2 Å². The van der Waals surface area contributed by atoms with Crippen LogP contribution in [0.1, 0.15) is 6.23 Å². The quantitative estimate of drug-likeness (QED) is 0.191. The molecule has 2 heterocycles. The minimum absolute atomic E-state index is 0.249. The predicted molar refractivity (Wildman–Crippen MR) is 88.7 cm³/mol. The Balaban J connectivity index is 2.12. The summed E-state index contributed by atoms with van der Waals surface area (Å²) in [6, 6.07) is 1.03. The number of nitrogen functional groups attached to an aromatic ring is 1. The molecule has 0 bridgehead atoms. The number of aromatic nitrogens is 2. The number of ether oxygens (including phenoxy) is 1. The van der Waals surface area contributed by atoms with Gasteiger partial charge in [0.1, 0.15) is 18.0 Å². The molecule has 17 nitrogen and oxygen atoms in total. The van der Waals surface area contributed by atoms with Gasteiger partial charge in [0.25, 0.3) is 5.85 Å². The number of phosphoric ester groups is 1. The Kier molecular flexibility index (Phi) is 7.08. The second-order valence-electron chi connectivity index (χ2n) is 5.63. The summed E-state index contributed by atoms with van der Waals surface area (Å²) in [7, 11) is -17.0. The average molecular weight is 501 g/mol. The molecule has 0 radical (unpaired) electrons. The number of nitrogens with zero attached hydrogens (tertiary/aromatic N) is 2. The Bertz CT molecular complexity index is 994. The van der Waals surface area contributed by atoms with Gasteiger partial charge in [-0.2, -0.15) is 13.6 Å². The van der Waals surface area contributed by atoms with Crippen LogP contribution in [-0.4, -0.2) is 64.0 Å². The number of anilines is 1. The lowest BCUT2D eigenvalue weighted by molar-refractivity contribution is -0.196. The molecule has 1 aromatic heterocycles. The molecule has 1 fully saturated rings. The molecule has 30 heavy (non-hydrogen) atoms. The Hall–Kier alpha value is -1.10. The molecule has 0 aliphatic carbocycles. The van der Waals surface area contributed by atoms with Gasteiger partial charge in [0.05, 0.1) is 6.61 Å². The number of halogens is 1. The Morgan fingerprint density at radius 3 is 2.37 bits per heavy atom. The third-order valence-electron chi connectivity index (χ3n) is 3.34. The minimum Gasteiger partial charge on any atom is -0.384 e. The Morgan fingerprint density at radius 1 is 1.23 bits per heavy atom. The largest absolute Gasteiger partial charge is 0.490 e. The van der Waals surface area contributed by atoms with Crippen LogP contribution in [0.2, 0.25) is 0 Å². The van der Waals surface area contributed by atoms with E-state index in [0.29, 0.717) is 4.57 Å². The van der Waals surface area contributed by atoms with Crippen molar-refractivity contribution in [1.82, 2.24) is 9.55 Å². The smallest absolute Gasteiger partial charge is 0.384 e. The summed E-state index contributed by atoms with van der Waals surface area (Å²) in [6.45, 7) is -1.27. The van der Waals surface area contributed by atoms with Crippen LogP contribution in [0, 0.1) is 0 Å². The topological polar surface area (TPSA) is 270 Å². The Morgan fingerprint density at radius 2 is 1.83 bits per heavy atom. The first-order chi connectivity index (χ1) is 13.4. The van der Waals surface area contributed by atoms with Crippen molar-refractivity contribution < 1.29 is 65.8 Å². The van der Waals surface area contributed by atoms with E-state index < -0.39 is 60.1 Å². The summed E-state index contributed by atoms with van der Waals surface area (Å²) in [6.07, 6.45) is -5.75. The van der Waals surface area contributed by atoms with Gasteiger partial charge in [-0.3, -0.25) is 9.09 Å². The number of aliphatic hydroxyl groups is 2. The lowest BCUT2D eigenvalue weighted by atomic mass is 10.1. The first-order valence-corrected chi connectivity index (χ1v) is 11.8. The van der Waals surface area contributed by atoms with E-state index in [1.807, 2.05) is 0 Å². The van der Waals surface area contributed by atoms with E-state index in [1.54, 1.807) is 0 Å². The number of hydrogen-bond acceptors (Lipinski definition) is 12. The monoisotopic (exact) mass is 501 g/mol. The molecule has 6 atom stereocenters. The molecule has 8 N–H and O–H groups in total. The number of rotatable bonds is 8. The molecule has 1 aromatic rings. The highest BCUT2D eigenvalue weighted by molar-refractivity contribution is 7.66. The van der Waals surface area contributed by atoms with Crippen molar-refractivity contribution >= 4 is 29.3 Å². The fraction of sp³-hybridized carbons (Fsp3) is 0.556. The molecule has 1 saturated heterocycles. The first kappa shape index (κ1) is 25.2. The van der Waals surface area contributed by atoms with Crippen LogP contribution in [0.25, 0.3) is 0 Å². The second kappa shape index (κ2) is 8.44. The van der Waals surface area contributed by atoms with Gasteiger partial charge in [0.15, 0.2) is 6.23 Å². The van der Waals surface area contributed by atoms with Crippen molar-refractivity contribution in [2.75, 3.05) is 12.3 Å². The maximum absolute atomic E-state index is 14.5. The lowest BCUT2D eigenvalue weighted by Gasteiger charge is -2.23. The fourth-order valence-corrected chi connectivity index (χ4v) is 5.24. The van der Waals surface area contributed by atoms with Gasteiger partial charge < -0.3 is 40.3 Å². The third kappa shape index (κ3) is 6.21. The zero-order valence-corrected chi connectivity index (χ0v) is 16.9.